The maximum Gasteiger partial charge on any atom is 0.220 e. The third-order valence-corrected chi connectivity index (χ3v) is 4.24. The number of amides is 1. The first kappa shape index (κ1) is 16.4. The number of hydrogen-bond acceptors (Lipinski definition) is 3. The van der Waals surface area contributed by atoms with Crippen LogP contribution in [0.25, 0.3) is 0 Å². The standard InChI is InChI=1S/C15H30N2O2/c1-11(2)14(6-8-18)17-15(19)9-12(3)13-5-4-7-16-10-13/h11-14,16,18H,4-10H2,1-3H3,(H,17,19). The Balaban J connectivity index is 2.35. The minimum absolute atomic E-state index is 0.0918. The van der Waals surface area contributed by atoms with Crippen LogP contribution in [0.4, 0.5) is 0 Å². The van der Waals surface area contributed by atoms with Gasteiger partial charge in [-0.3, -0.25) is 4.79 Å². The fourth-order valence-electron chi connectivity index (χ4n) is 2.80. The lowest BCUT2D eigenvalue weighted by Gasteiger charge is -2.29. The summed E-state index contributed by atoms with van der Waals surface area (Å²) in [5.41, 5.74) is 0. The lowest BCUT2D eigenvalue weighted by Crippen LogP contribution is -2.41. The van der Waals surface area contributed by atoms with Crippen LogP contribution in [-0.4, -0.2) is 36.8 Å². The molecule has 1 amide bonds. The van der Waals surface area contributed by atoms with Gasteiger partial charge in [0.25, 0.3) is 0 Å². The highest BCUT2D eigenvalue weighted by Crippen LogP contribution is 2.22. The molecule has 4 heteroatoms. The summed E-state index contributed by atoms with van der Waals surface area (Å²) in [4.78, 5) is 12.1. The number of carbonyl (C=O) groups excluding carboxylic acids is 1. The summed E-state index contributed by atoms with van der Waals surface area (Å²) in [5.74, 6) is 1.54. The van der Waals surface area contributed by atoms with Crippen molar-refractivity contribution in [3.8, 4) is 0 Å². The number of nitrogens with one attached hydrogen (secondary N) is 2. The molecule has 0 spiro atoms. The van der Waals surface area contributed by atoms with Crippen molar-refractivity contribution in [2.45, 2.75) is 52.5 Å². The van der Waals surface area contributed by atoms with Gasteiger partial charge in [0.1, 0.15) is 0 Å². The second-order valence-electron chi connectivity index (χ2n) is 6.22. The van der Waals surface area contributed by atoms with Gasteiger partial charge in [-0.25, -0.2) is 0 Å². The van der Waals surface area contributed by atoms with E-state index in [9.17, 15) is 4.79 Å². The molecule has 4 nitrogen and oxygen atoms in total. The van der Waals surface area contributed by atoms with Crippen LogP contribution >= 0.6 is 0 Å². The Morgan fingerprint density at radius 2 is 2.16 bits per heavy atom. The molecule has 1 heterocycles. The van der Waals surface area contributed by atoms with Crippen molar-refractivity contribution < 1.29 is 9.90 Å². The highest BCUT2D eigenvalue weighted by molar-refractivity contribution is 5.76. The van der Waals surface area contributed by atoms with Crippen molar-refractivity contribution in [1.82, 2.24) is 10.6 Å². The Kier molecular flexibility index (Phi) is 7.39. The normalized spacial score (nSPS) is 23.1. The van der Waals surface area contributed by atoms with Gasteiger partial charge in [-0.2, -0.15) is 0 Å². The smallest absolute Gasteiger partial charge is 0.220 e. The third-order valence-electron chi connectivity index (χ3n) is 4.24. The predicted molar refractivity (Wildman–Crippen MR) is 77.8 cm³/mol. The maximum absolute atomic E-state index is 12.1. The number of aliphatic hydroxyl groups is 1. The average Bonchev–Trinajstić information content (AvgIpc) is 2.39. The highest BCUT2D eigenvalue weighted by Gasteiger charge is 2.23. The second kappa shape index (κ2) is 8.54. The van der Waals surface area contributed by atoms with Crippen molar-refractivity contribution in [1.29, 1.82) is 0 Å². The van der Waals surface area contributed by atoms with Crippen molar-refractivity contribution in [2.75, 3.05) is 19.7 Å². The zero-order valence-corrected chi connectivity index (χ0v) is 12.6. The predicted octanol–water partition coefficient (Wildman–Crippen LogP) is 1.54. The number of piperidine rings is 1. The van der Waals surface area contributed by atoms with Gasteiger partial charge in [0, 0.05) is 19.1 Å². The minimum Gasteiger partial charge on any atom is -0.396 e. The van der Waals surface area contributed by atoms with E-state index in [-0.39, 0.29) is 18.6 Å². The molecule has 1 aliphatic heterocycles. The first-order valence-electron chi connectivity index (χ1n) is 7.65. The lowest BCUT2D eigenvalue weighted by molar-refractivity contribution is -0.123. The van der Waals surface area contributed by atoms with E-state index in [4.69, 9.17) is 5.11 Å². The quantitative estimate of drug-likeness (QED) is 0.657. The molecule has 1 saturated heterocycles. The zero-order valence-electron chi connectivity index (χ0n) is 12.6. The van der Waals surface area contributed by atoms with Crippen LogP contribution in [0.2, 0.25) is 0 Å². The van der Waals surface area contributed by atoms with Crippen LogP contribution in [0, 0.1) is 17.8 Å². The molecule has 1 fully saturated rings. The molecule has 0 aromatic rings. The number of hydrogen-bond donors (Lipinski definition) is 3. The Hall–Kier alpha value is -0.610. The molecule has 0 bridgehead atoms. The van der Waals surface area contributed by atoms with Crippen molar-refractivity contribution in [3.05, 3.63) is 0 Å². The minimum atomic E-state index is 0.0918. The largest absolute Gasteiger partial charge is 0.396 e. The molecule has 19 heavy (non-hydrogen) atoms. The Morgan fingerprint density at radius 3 is 2.68 bits per heavy atom. The first-order valence-corrected chi connectivity index (χ1v) is 7.65. The molecule has 0 aromatic heterocycles. The van der Waals surface area contributed by atoms with Crippen LogP contribution in [0.1, 0.15) is 46.5 Å². The van der Waals surface area contributed by atoms with Crippen molar-refractivity contribution in [2.24, 2.45) is 17.8 Å². The van der Waals surface area contributed by atoms with Gasteiger partial charge in [-0.1, -0.05) is 20.8 Å². The van der Waals surface area contributed by atoms with E-state index in [1.807, 2.05) is 0 Å². The molecule has 1 rings (SSSR count). The lowest BCUT2D eigenvalue weighted by atomic mass is 9.85. The zero-order chi connectivity index (χ0) is 14.3. The second-order valence-corrected chi connectivity index (χ2v) is 6.22. The number of rotatable bonds is 7. The van der Waals surface area contributed by atoms with Crippen molar-refractivity contribution in [3.63, 3.8) is 0 Å². The van der Waals surface area contributed by atoms with E-state index in [0.29, 0.717) is 30.6 Å². The topological polar surface area (TPSA) is 61.4 Å². The first-order chi connectivity index (χ1) is 9.04. The van der Waals surface area contributed by atoms with E-state index < -0.39 is 0 Å². The molecule has 3 atom stereocenters. The monoisotopic (exact) mass is 270 g/mol. The Bertz CT molecular complexity index is 263. The SMILES string of the molecule is CC(C)C(CCO)NC(=O)CC(C)C1CCCNC1. The van der Waals surface area contributed by atoms with Gasteiger partial charge < -0.3 is 15.7 Å². The average molecular weight is 270 g/mol. The molecule has 0 radical (unpaired) electrons. The van der Waals surface area contributed by atoms with Gasteiger partial charge in [0.15, 0.2) is 0 Å². The van der Waals surface area contributed by atoms with E-state index in [0.717, 1.165) is 13.1 Å². The Labute approximate surface area is 117 Å². The van der Waals surface area contributed by atoms with Gasteiger partial charge >= 0.3 is 0 Å². The maximum atomic E-state index is 12.1. The fraction of sp³-hybridized carbons (Fsp3) is 0.933. The molecular formula is C15H30N2O2. The van der Waals surface area contributed by atoms with Crippen molar-refractivity contribution >= 4 is 5.91 Å². The van der Waals surface area contributed by atoms with E-state index in [1.165, 1.54) is 12.8 Å². The van der Waals surface area contributed by atoms with E-state index in [2.05, 4.69) is 31.4 Å². The highest BCUT2D eigenvalue weighted by atomic mass is 16.3. The number of aliphatic hydroxyl groups excluding tert-OH is 1. The van der Waals surface area contributed by atoms with E-state index in [1.54, 1.807) is 0 Å². The van der Waals surface area contributed by atoms with Gasteiger partial charge in [-0.05, 0) is 50.1 Å². The van der Waals surface area contributed by atoms with Crippen LogP contribution in [0.3, 0.4) is 0 Å². The molecule has 3 N–H and O–H groups in total. The van der Waals surface area contributed by atoms with Crippen LogP contribution in [-0.2, 0) is 4.79 Å². The Morgan fingerprint density at radius 1 is 1.42 bits per heavy atom. The molecule has 1 aliphatic rings. The van der Waals surface area contributed by atoms with Gasteiger partial charge in [-0.15, -0.1) is 0 Å². The summed E-state index contributed by atoms with van der Waals surface area (Å²) in [6, 6.07) is 0.0918. The summed E-state index contributed by atoms with van der Waals surface area (Å²) in [6.07, 6.45) is 3.69. The molecule has 0 aliphatic carbocycles. The van der Waals surface area contributed by atoms with Crippen LogP contribution in [0.5, 0.6) is 0 Å². The fourth-order valence-corrected chi connectivity index (χ4v) is 2.80. The molecule has 112 valence electrons. The van der Waals surface area contributed by atoms with Crippen LogP contribution in [0.15, 0.2) is 0 Å². The van der Waals surface area contributed by atoms with Crippen LogP contribution < -0.4 is 10.6 Å². The van der Waals surface area contributed by atoms with Gasteiger partial charge in [0.05, 0.1) is 0 Å². The summed E-state index contributed by atoms with van der Waals surface area (Å²) in [6.45, 7) is 8.61. The number of carbonyl (C=O) groups is 1. The molecule has 0 aromatic carbocycles. The molecule has 3 unspecified atom stereocenters. The summed E-state index contributed by atoms with van der Waals surface area (Å²) >= 11 is 0. The summed E-state index contributed by atoms with van der Waals surface area (Å²) in [7, 11) is 0. The van der Waals surface area contributed by atoms with E-state index >= 15 is 0 Å². The third kappa shape index (κ3) is 5.91. The van der Waals surface area contributed by atoms with Gasteiger partial charge in [0.2, 0.25) is 5.91 Å². The molecular weight excluding hydrogens is 240 g/mol. The summed E-state index contributed by atoms with van der Waals surface area (Å²) in [5, 5.41) is 15.5. The summed E-state index contributed by atoms with van der Waals surface area (Å²) < 4.78 is 0. The molecule has 0 saturated carbocycles.